The lowest BCUT2D eigenvalue weighted by Crippen LogP contribution is -2.44. The molecule has 2 bridgehead atoms. The molecule has 1 aromatic rings. The highest BCUT2D eigenvalue weighted by atomic mass is 19.1. The van der Waals surface area contributed by atoms with Crippen molar-refractivity contribution in [1.29, 1.82) is 0 Å². The number of nitrogens with zero attached hydrogens (tertiary/aromatic N) is 2. The van der Waals surface area contributed by atoms with Gasteiger partial charge in [-0.2, -0.15) is 4.39 Å². The van der Waals surface area contributed by atoms with Gasteiger partial charge in [-0.3, -0.25) is 0 Å². The highest BCUT2D eigenvalue weighted by molar-refractivity contribution is 5.49. The first kappa shape index (κ1) is 10.0. The Morgan fingerprint density at radius 3 is 2.62 bits per heavy atom. The lowest BCUT2D eigenvalue weighted by atomic mass is 9.99. The number of hydrogen-bond acceptors (Lipinski definition) is 3. The Labute approximate surface area is 93.9 Å². The van der Waals surface area contributed by atoms with Crippen LogP contribution in [0.1, 0.15) is 25.7 Å². The maximum atomic E-state index is 13.1. The molecule has 2 aliphatic heterocycles. The van der Waals surface area contributed by atoms with Gasteiger partial charge in [-0.15, -0.1) is 0 Å². The molecule has 0 amide bonds. The standard InChI is InChI=1S/C12H15FN2O/c13-12-7-10(3-4-14-12)15-8-1-2-9(15)6-11(16)5-8/h3-4,7-9,11,16H,1-2,5-6H2. The second-order valence-corrected chi connectivity index (χ2v) is 4.75. The summed E-state index contributed by atoms with van der Waals surface area (Å²) in [5.74, 6) is -0.428. The van der Waals surface area contributed by atoms with Crippen molar-refractivity contribution in [3.63, 3.8) is 0 Å². The number of hydrogen-bond donors (Lipinski definition) is 1. The summed E-state index contributed by atoms with van der Waals surface area (Å²) >= 11 is 0. The van der Waals surface area contributed by atoms with Crippen molar-refractivity contribution in [2.24, 2.45) is 0 Å². The van der Waals surface area contributed by atoms with Crippen molar-refractivity contribution in [2.75, 3.05) is 4.90 Å². The van der Waals surface area contributed by atoms with E-state index in [2.05, 4.69) is 9.88 Å². The lowest BCUT2D eigenvalue weighted by Gasteiger charge is -2.38. The molecular weight excluding hydrogens is 207 g/mol. The third-order valence-electron chi connectivity index (χ3n) is 3.72. The van der Waals surface area contributed by atoms with E-state index in [0.717, 1.165) is 31.4 Å². The van der Waals surface area contributed by atoms with Gasteiger partial charge in [0.2, 0.25) is 5.95 Å². The van der Waals surface area contributed by atoms with Crippen LogP contribution in [0.25, 0.3) is 0 Å². The Morgan fingerprint density at radius 2 is 2.00 bits per heavy atom. The molecule has 2 unspecified atom stereocenters. The first-order valence-electron chi connectivity index (χ1n) is 5.82. The van der Waals surface area contributed by atoms with Crippen molar-refractivity contribution in [3.05, 3.63) is 24.3 Å². The van der Waals surface area contributed by atoms with Gasteiger partial charge in [0.05, 0.1) is 6.10 Å². The second-order valence-electron chi connectivity index (χ2n) is 4.75. The van der Waals surface area contributed by atoms with Crippen molar-refractivity contribution < 1.29 is 9.50 Å². The zero-order valence-electron chi connectivity index (χ0n) is 9.01. The maximum absolute atomic E-state index is 13.1. The maximum Gasteiger partial charge on any atom is 0.214 e. The van der Waals surface area contributed by atoms with E-state index in [4.69, 9.17) is 0 Å². The summed E-state index contributed by atoms with van der Waals surface area (Å²) < 4.78 is 13.1. The zero-order chi connectivity index (χ0) is 11.1. The van der Waals surface area contributed by atoms with Crippen molar-refractivity contribution >= 4 is 5.69 Å². The monoisotopic (exact) mass is 222 g/mol. The second kappa shape index (κ2) is 3.70. The molecule has 3 nitrogen and oxygen atoms in total. The van der Waals surface area contributed by atoms with Gasteiger partial charge in [-0.1, -0.05) is 0 Å². The molecule has 16 heavy (non-hydrogen) atoms. The highest BCUT2D eigenvalue weighted by Crippen LogP contribution is 2.39. The molecule has 3 rings (SSSR count). The van der Waals surface area contributed by atoms with Crippen LogP contribution in [0.4, 0.5) is 10.1 Å². The number of fused-ring (bicyclic) bond motifs is 2. The fraction of sp³-hybridized carbons (Fsp3) is 0.583. The van der Waals surface area contributed by atoms with E-state index in [-0.39, 0.29) is 6.10 Å². The van der Waals surface area contributed by atoms with E-state index < -0.39 is 5.95 Å². The number of pyridine rings is 1. The van der Waals surface area contributed by atoms with Gasteiger partial charge in [0.15, 0.2) is 0 Å². The van der Waals surface area contributed by atoms with Crippen LogP contribution in [0.15, 0.2) is 18.3 Å². The molecule has 4 heteroatoms. The Morgan fingerprint density at radius 1 is 1.31 bits per heavy atom. The SMILES string of the molecule is OC1CC2CCC(C1)N2c1ccnc(F)c1. The van der Waals surface area contributed by atoms with E-state index >= 15 is 0 Å². The Bertz CT molecular complexity index is 384. The van der Waals surface area contributed by atoms with Crippen LogP contribution in [-0.4, -0.2) is 28.3 Å². The number of anilines is 1. The van der Waals surface area contributed by atoms with Crippen LogP contribution >= 0.6 is 0 Å². The molecule has 0 radical (unpaired) electrons. The average molecular weight is 222 g/mol. The molecule has 2 atom stereocenters. The molecule has 0 saturated carbocycles. The minimum atomic E-state index is -0.428. The number of aliphatic hydroxyl groups excluding tert-OH is 1. The molecule has 0 spiro atoms. The van der Waals surface area contributed by atoms with Crippen LogP contribution in [0.5, 0.6) is 0 Å². The van der Waals surface area contributed by atoms with Gasteiger partial charge in [0.1, 0.15) is 0 Å². The van der Waals surface area contributed by atoms with E-state index in [0.29, 0.717) is 12.1 Å². The van der Waals surface area contributed by atoms with Gasteiger partial charge in [0, 0.05) is 30.0 Å². The molecule has 2 fully saturated rings. The van der Waals surface area contributed by atoms with E-state index in [1.165, 1.54) is 12.3 Å². The average Bonchev–Trinajstić information content (AvgIpc) is 2.51. The van der Waals surface area contributed by atoms with Gasteiger partial charge in [-0.05, 0) is 31.7 Å². The van der Waals surface area contributed by atoms with Gasteiger partial charge in [0.25, 0.3) is 0 Å². The van der Waals surface area contributed by atoms with E-state index in [1.807, 2.05) is 6.07 Å². The van der Waals surface area contributed by atoms with Crippen molar-refractivity contribution in [2.45, 2.75) is 43.9 Å². The van der Waals surface area contributed by atoms with Gasteiger partial charge in [-0.25, -0.2) is 4.98 Å². The van der Waals surface area contributed by atoms with Crippen molar-refractivity contribution in [1.82, 2.24) is 4.98 Å². The molecule has 1 N–H and O–H groups in total. The van der Waals surface area contributed by atoms with E-state index in [1.54, 1.807) is 0 Å². The van der Waals surface area contributed by atoms with Crippen molar-refractivity contribution in [3.8, 4) is 0 Å². The lowest BCUT2D eigenvalue weighted by molar-refractivity contribution is 0.126. The Balaban J connectivity index is 1.91. The summed E-state index contributed by atoms with van der Waals surface area (Å²) in [4.78, 5) is 5.84. The molecule has 2 aliphatic rings. The summed E-state index contributed by atoms with van der Waals surface area (Å²) in [6.07, 6.45) is 5.15. The molecule has 2 saturated heterocycles. The quantitative estimate of drug-likeness (QED) is 0.735. The zero-order valence-corrected chi connectivity index (χ0v) is 9.01. The summed E-state index contributed by atoms with van der Waals surface area (Å²) in [5, 5.41) is 9.70. The molecule has 0 aliphatic carbocycles. The number of aliphatic hydroxyl groups is 1. The largest absolute Gasteiger partial charge is 0.393 e. The Hall–Kier alpha value is -1.16. The van der Waals surface area contributed by atoms with E-state index in [9.17, 15) is 9.50 Å². The van der Waals surface area contributed by atoms with Gasteiger partial charge >= 0.3 is 0 Å². The third kappa shape index (κ3) is 1.57. The molecule has 0 aromatic carbocycles. The Kier molecular flexibility index (Phi) is 2.32. The first-order chi connectivity index (χ1) is 7.74. The summed E-state index contributed by atoms with van der Waals surface area (Å²) in [6.45, 7) is 0. The fourth-order valence-corrected chi connectivity index (χ4v) is 3.12. The normalized spacial score (nSPS) is 33.1. The number of aromatic nitrogens is 1. The van der Waals surface area contributed by atoms with Crippen LogP contribution < -0.4 is 4.90 Å². The minimum Gasteiger partial charge on any atom is -0.393 e. The minimum absolute atomic E-state index is 0.180. The predicted octanol–water partition coefficient (Wildman–Crippen LogP) is 1.71. The molecule has 1 aromatic heterocycles. The fourth-order valence-electron chi connectivity index (χ4n) is 3.12. The predicted molar refractivity (Wildman–Crippen MR) is 58.7 cm³/mol. The number of halogens is 1. The molecular formula is C12H15FN2O. The van der Waals surface area contributed by atoms with Crippen LogP contribution in [0.3, 0.4) is 0 Å². The summed E-state index contributed by atoms with van der Waals surface area (Å²) in [7, 11) is 0. The van der Waals surface area contributed by atoms with Crippen LogP contribution in [-0.2, 0) is 0 Å². The molecule has 86 valence electrons. The van der Waals surface area contributed by atoms with Crippen LogP contribution in [0.2, 0.25) is 0 Å². The third-order valence-corrected chi connectivity index (χ3v) is 3.72. The summed E-state index contributed by atoms with van der Waals surface area (Å²) in [5.41, 5.74) is 0.909. The first-order valence-corrected chi connectivity index (χ1v) is 5.82. The van der Waals surface area contributed by atoms with Gasteiger partial charge < -0.3 is 10.0 Å². The molecule has 3 heterocycles. The summed E-state index contributed by atoms with van der Waals surface area (Å²) in [6, 6.07) is 4.08. The van der Waals surface area contributed by atoms with Crippen LogP contribution in [0, 0.1) is 5.95 Å². The smallest absolute Gasteiger partial charge is 0.214 e. The number of piperidine rings is 1. The number of rotatable bonds is 1. The topological polar surface area (TPSA) is 36.4 Å². The highest BCUT2D eigenvalue weighted by Gasteiger charge is 2.40.